The van der Waals surface area contributed by atoms with Crippen LogP contribution in [0.25, 0.3) is 0 Å². The Balaban J connectivity index is 2.52. The molecule has 6 heteroatoms. The van der Waals surface area contributed by atoms with Gasteiger partial charge in [-0.25, -0.2) is 4.79 Å². The minimum Gasteiger partial charge on any atom is -0.444 e. The Morgan fingerprint density at radius 3 is 1.40 bits per heavy atom. The summed E-state index contributed by atoms with van der Waals surface area (Å²) < 4.78 is 4.99. The Morgan fingerprint density at radius 1 is 0.750 bits per heavy atom. The van der Waals surface area contributed by atoms with Crippen molar-refractivity contribution in [3.63, 3.8) is 0 Å². The number of ether oxygens (including phenoxy) is 1. The van der Waals surface area contributed by atoms with E-state index in [4.69, 9.17) is 51.1 Å². The van der Waals surface area contributed by atoms with Crippen LogP contribution in [0, 0.1) is 0 Å². The summed E-state index contributed by atoms with van der Waals surface area (Å²) >= 11 is 23.8. The molecule has 0 atom stereocenters. The van der Waals surface area contributed by atoms with Crippen molar-refractivity contribution in [3.8, 4) is 0 Å². The molecular weight excluding hydrogens is 342 g/mol. The van der Waals surface area contributed by atoms with E-state index in [2.05, 4.69) is 0 Å². The highest BCUT2D eigenvalue weighted by molar-refractivity contribution is 6.35. The van der Waals surface area contributed by atoms with Crippen LogP contribution in [-0.2, 0) is 9.53 Å². The molecule has 0 N–H and O–H groups in total. The Hall–Kier alpha value is -0.930. The first-order valence-electron chi connectivity index (χ1n) is 5.44. The maximum Gasteiger partial charge on any atom is 0.418 e. The minimum atomic E-state index is -0.736. The number of carbonyl (C=O) groups excluding carboxylic acids is 1. The van der Waals surface area contributed by atoms with Crippen molar-refractivity contribution < 1.29 is 9.53 Å². The summed E-state index contributed by atoms with van der Waals surface area (Å²) in [5, 5.41) is 1.72. The molecule has 20 heavy (non-hydrogen) atoms. The van der Waals surface area contributed by atoms with Crippen molar-refractivity contribution in [1.29, 1.82) is 0 Å². The van der Waals surface area contributed by atoms with Gasteiger partial charge in [0.1, 0.15) is 0 Å². The molecule has 103 valence electrons. The molecule has 1 radical (unpaired) electrons. The molecule has 0 fully saturated rings. The Morgan fingerprint density at radius 2 is 1.10 bits per heavy atom. The molecule has 2 rings (SSSR count). The van der Waals surface area contributed by atoms with Gasteiger partial charge in [0, 0.05) is 20.1 Å². The maximum absolute atomic E-state index is 10.6. The normalized spacial score (nSPS) is 10.7. The molecule has 0 bridgehead atoms. The van der Waals surface area contributed by atoms with Crippen molar-refractivity contribution >= 4 is 52.9 Å². The summed E-state index contributed by atoms with van der Waals surface area (Å²) in [5.41, 5.74) is 1.20. The van der Waals surface area contributed by atoms with E-state index in [-0.39, 0.29) is 0 Å². The second kappa shape index (κ2) is 6.68. The first-order chi connectivity index (χ1) is 9.49. The lowest BCUT2D eigenvalue weighted by Gasteiger charge is -2.17. The van der Waals surface area contributed by atoms with E-state index in [0.717, 1.165) is 0 Å². The first-order valence-corrected chi connectivity index (χ1v) is 6.95. The molecule has 2 aromatic carbocycles. The summed E-state index contributed by atoms with van der Waals surface area (Å²) in [7, 11) is 0. The summed E-state index contributed by atoms with van der Waals surface area (Å²) in [4.78, 5) is 10.6. The summed E-state index contributed by atoms with van der Waals surface area (Å²) in [6, 6.07) is 9.74. The second-order valence-electron chi connectivity index (χ2n) is 3.99. The predicted molar refractivity (Wildman–Crippen MR) is 81.5 cm³/mol. The number of benzene rings is 2. The van der Waals surface area contributed by atoms with Crippen molar-refractivity contribution in [1.82, 2.24) is 0 Å². The molecule has 2 aromatic rings. The Kier molecular flexibility index (Phi) is 5.17. The fourth-order valence-electron chi connectivity index (χ4n) is 1.83. The standard InChI is InChI=1S/C14H7Cl4O2/c15-10-1-8(2-11(16)5-10)14(20-7-19)9-3-12(17)6-13(18)4-9/h1-6,14H. The van der Waals surface area contributed by atoms with Crippen LogP contribution >= 0.6 is 46.4 Å². The zero-order valence-electron chi connectivity index (χ0n) is 9.87. The third-order valence-corrected chi connectivity index (χ3v) is 3.41. The Labute approximate surface area is 136 Å². The largest absolute Gasteiger partial charge is 0.444 e. The third-order valence-electron chi connectivity index (χ3n) is 2.54. The first kappa shape index (κ1) is 15.5. The van der Waals surface area contributed by atoms with Crippen LogP contribution in [0.3, 0.4) is 0 Å². The van der Waals surface area contributed by atoms with Gasteiger partial charge in [0.15, 0.2) is 6.10 Å². The fourth-order valence-corrected chi connectivity index (χ4v) is 2.92. The fraction of sp³-hybridized carbons (Fsp3) is 0.0714. The molecule has 0 saturated heterocycles. The molecule has 0 saturated carbocycles. The van der Waals surface area contributed by atoms with Crippen molar-refractivity contribution in [2.24, 2.45) is 0 Å². The van der Waals surface area contributed by atoms with E-state index < -0.39 is 6.10 Å². The molecular formula is C14H7Cl4O2. The average molecular weight is 349 g/mol. The topological polar surface area (TPSA) is 26.3 Å². The van der Waals surface area contributed by atoms with Crippen molar-refractivity contribution in [2.45, 2.75) is 6.10 Å². The van der Waals surface area contributed by atoms with E-state index in [1.807, 2.05) is 0 Å². The van der Waals surface area contributed by atoms with Gasteiger partial charge in [-0.1, -0.05) is 46.4 Å². The average Bonchev–Trinajstić information content (AvgIpc) is 2.33. The van der Waals surface area contributed by atoms with E-state index in [1.165, 1.54) is 6.47 Å². The molecule has 0 aliphatic heterocycles. The van der Waals surface area contributed by atoms with Crippen LogP contribution in [0.5, 0.6) is 0 Å². The minimum absolute atomic E-state index is 0.431. The molecule has 0 aliphatic carbocycles. The number of hydrogen-bond acceptors (Lipinski definition) is 2. The summed E-state index contributed by atoms with van der Waals surface area (Å²) in [5.74, 6) is 0. The van der Waals surface area contributed by atoms with Gasteiger partial charge in [-0.05, 0) is 47.5 Å². The number of rotatable bonds is 4. The molecule has 0 aliphatic rings. The number of halogens is 4. The van der Waals surface area contributed by atoms with Gasteiger partial charge in [0.05, 0.1) is 0 Å². The third kappa shape index (κ3) is 3.80. The molecule has 0 amide bonds. The zero-order chi connectivity index (χ0) is 14.7. The van der Waals surface area contributed by atoms with E-state index in [1.54, 1.807) is 36.4 Å². The van der Waals surface area contributed by atoms with Crippen LogP contribution in [-0.4, -0.2) is 6.47 Å². The van der Waals surface area contributed by atoms with E-state index in [0.29, 0.717) is 31.2 Å². The molecule has 0 aromatic heterocycles. The predicted octanol–water partition coefficient (Wildman–Crippen LogP) is 5.47. The number of hydrogen-bond donors (Lipinski definition) is 0. The lowest BCUT2D eigenvalue weighted by molar-refractivity contribution is 0.216. The summed E-state index contributed by atoms with van der Waals surface area (Å²) in [6.45, 7) is 1.42. The van der Waals surface area contributed by atoms with Gasteiger partial charge in [-0.3, -0.25) is 0 Å². The van der Waals surface area contributed by atoms with Gasteiger partial charge in [0.2, 0.25) is 0 Å². The summed E-state index contributed by atoms with van der Waals surface area (Å²) in [6.07, 6.45) is -0.736. The molecule has 0 heterocycles. The molecule has 0 unspecified atom stereocenters. The maximum atomic E-state index is 10.6. The van der Waals surface area contributed by atoms with Crippen LogP contribution in [0.15, 0.2) is 36.4 Å². The lowest BCUT2D eigenvalue weighted by atomic mass is 10.0. The van der Waals surface area contributed by atoms with Crippen molar-refractivity contribution in [3.05, 3.63) is 67.6 Å². The molecule has 2 nitrogen and oxygen atoms in total. The highest BCUT2D eigenvalue weighted by Crippen LogP contribution is 2.32. The highest BCUT2D eigenvalue weighted by Gasteiger charge is 2.18. The SMILES string of the molecule is O=[C]OC(c1cc(Cl)cc(Cl)c1)c1cc(Cl)cc(Cl)c1. The van der Waals surface area contributed by atoms with Gasteiger partial charge in [-0.2, -0.15) is 0 Å². The Bertz CT molecular complexity index is 551. The van der Waals surface area contributed by atoms with Gasteiger partial charge >= 0.3 is 6.47 Å². The lowest BCUT2D eigenvalue weighted by Crippen LogP contribution is -2.05. The van der Waals surface area contributed by atoms with Gasteiger partial charge < -0.3 is 4.74 Å². The smallest absolute Gasteiger partial charge is 0.418 e. The quantitative estimate of drug-likeness (QED) is 0.731. The van der Waals surface area contributed by atoms with Crippen LogP contribution in [0.1, 0.15) is 17.2 Å². The van der Waals surface area contributed by atoms with Gasteiger partial charge in [0.25, 0.3) is 0 Å². The monoisotopic (exact) mass is 347 g/mol. The van der Waals surface area contributed by atoms with Gasteiger partial charge in [-0.15, -0.1) is 0 Å². The van der Waals surface area contributed by atoms with Crippen LogP contribution in [0.4, 0.5) is 0 Å². The van der Waals surface area contributed by atoms with Crippen molar-refractivity contribution in [2.75, 3.05) is 0 Å². The highest BCUT2D eigenvalue weighted by atomic mass is 35.5. The van der Waals surface area contributed by atoms with Crippen LogP contribution < -0.4 is 0 Å². The second-order valence-corrected chi connectivity index (χ2v) is 5.73. The van der Waals surface area contributed by atoms with Crippen LogP contribution in [0.2, 0.25) is 20.1 Å². The zero-order valence-corrected chi connectivity index (χ0v) is 12.9. The molecule has 0 spiro atoms. The van der Waals surface area contributed by atoms with E-state index >= 15 is 0 Å². The van der Waals surface area contributed by atoms with E-state index in [9.17, 15) is 4.79 Å².